The fourth-order valence-corrected chi connectivity index (χ4v) is 2.40. The van der Waals surface area contributed by atoms with Gasteiger partial charge in [0.15, 0.2) is 0 Å². The number of likely N-dealkylation sites (tertiary alicyclic amines) is 1. The van der Waals surface area contributed by atoms with Crippen molar-refractivity contribution < 1.29 is 14.3 Å². The summed E-state index contributed by atoms with van der Waals surface area (Å²) < 4.78 is 14.3. The maximum absolute atomic E-state index is 13.6. The molecule has 1 aromatic rings. The highest BCUT2D eigenvalue weighted by Gasteiger charge is 2.28. The molecule has 92 valence electrons. The molecule has 1 heterocycles. The number of aliphatic carboxylic acids is 1. The third kappa shape index (κ3) is 3.04. The van der Waals surface area contributed by atoms with Crippen LogP contribution in [0.4, 0.5) is 4.39 Å². The lowest BCUT2D eigenvalue weighted by molar-refractivity contribution is -0.141. The summed E-state index contributed by atoms with van der Waals surface area (Å²) in [5.74, 6) is -1.32. The molecule has 0 bridgehead atoms. The van der Waals surface area contributed by atoms with Crippen LogP contribution in [0.3, 0.4) is 0 Å². The minimum absolute atomic E-state index is 0.252. The zero-order valence-electron chi connectivity index (χ0n) is 9.20. The van der Waals surface area contributed by atoms with Crippen LogP contribution in [0.5, 0.6) is 0 Å². The molecule has 3 nitrogen and oxygen atoms in total. The Morgan fingerprint density at radius 3 is 2.94 bits per heavy atom. The Bertz CT molecular complexity index is 439. The van der Waals surface area contributed by atoms with Gasteiger partial charge in [-0.25, -0.2) is 4.39 Å². The first-order valence-electron chi connectivity index (χ1n) is 5.45. The molecule has 17 heavy (non-hydrogen) atoms. The fourth-order valence-electron chi connectivity index (χ4n) is 2.07. The molecule has 0 aromatic heterocycles. The number of hydrogen-bond acceptors (Lipinski definition) is 2. The average Bonchev–Trinajstić information content (AvgIpc) is 2.71. The van der Waals surface area contributed by atoms with E-state index in [9.17, 15) is 9.18 Å². The van der Waals surface area contributed by atoms with Crippen molar-refractivity contribution in [1.82, 2.24) is 4.90 Å². The molecule has 0 amide bonds. The minimum atomic E-state index is -0.760. The number of carboxylic acids is 1. The number of benzene rings is 1. The maximum Gasteiger partial charge on any atom is 0.307 e. The number of carbonyl (C=O) groups is 1. The Kier molecular flexibility index (Phi) is 3.79. The molecule has 1 fully saturated rings. The summed E-state index contributed by atoms with van der Waals surface area (Å²) in [5, 5.41) is 8.88. The van der Waals surface area contributed by atoms with Crippen molar-refractivity contribution >= 4 is 21.9 Å². The molecule has 1 saturated heterocycles. The van der Waals surface area contributed by atoms with Crippen molar-refractivity contribution in [1.29, 1.82) is 0 Å². The highest BCUT2D eigenvalue weighted by Crippen LogP contribution is 2.21. The zero-order chi connectivity index (χ0) is 12.4. The van der Waals surface area contributed by atoms with Gasteiger partial charge < -0.3 is 5.11 Å². The van der Waals surface area contributed by atoms with Gasteiger partial charge in [0.25, 0.3) is 0 Å². The summed E-state index contributed by atoms with van der Waals surface area (Å²) in [7, 11) is 0. The number of hydrogen-bond donors (Lipinski definition) is 1. The Morgan fingerprint density at radius 2 is 2.35 bits per heavy atom. The van der Waals surface area contributed by atoms with Crippen molar-refractivity contribution in [3.8, 4) is 0 Å². The van der Waals surface area contributed by atoms with E-state index < -0.39 is 5.97 Å². The average molecular weight is 302 g/mol. The Labute approximate surface area is 107 Å². The molecule has 5 heteroatoms. The molecule has 0 spiro atoms. The standard InChI is InChI=1S/C12H13BrFNO2/c13-10-2-1-8(11(14)5-10)6-15-4-3-9(7-15)12(16)17/h1-2,5,9H,3-4,6-7H2,(H,16,17). The van der Waals surface area contributed by atoms with Gasteiger partial charge in [-0.1, -0.05) is 22.0 Å². The molecule has 0 saturated carbocycles. The van der Waals surface area contributed by atoms with Gasteiger partial charge in [0.05, 0.1) is 5.92 Å². The summed E-state index contributed by atoms with van der Waals surface area (Å²) in [5.41, 5.74) is 0.610. The molecule has 1 atom stereocenters. The summed E-state index contributed by atoms with van der Waals surface area (Å²) in [4.78, 5) is 12.8. The van der Waals surface area contributed by atoms with E-state index in [1.54, 1.807) is 12.1 Å². The van der Waals surface area contributed by atoms with Crippen molar-refractivity contribution in [2.24, 2.45) is 5.92 Å². The maximum atomic E-state index is 13.6. The topological polar surface area (TPSA) is 40.5 Å². The van der Waals surface area contributed by atoms with Gasteiger partial charge in [-0.3, -0.25) is 9.69 Å². The van der Waals surface area contributed by atoms with Crippen LogP contribution >= 0.6 is 15.9 Å². The van der Waals surface area contributed by atoms with Crippen molar-refractivity contribution in [3.63, 3.8) is 0 Å². The van der Waals surface area contributed by atoms with Gasteiger partial charge in [-0.05, 0) is 25.1 Å². The Balaban J connectivity index is 2.00. The van der Waals surface area contributed by atoms with E-state index in [1.807, 2.05) is 4.90 Å². The third-order valence-corrected chi connectivity index (χ3v) is 3.52. The zero-order valence-corrected chi connectivity index (χ0v) is 10.8. The van der Waals surface area contributed by atoms with Crippen LogP contribution in [-0.2, 0) is 11.3 Å². The number of carboxylic acid groups (broad SMARTS) is 1. The van der Waals surface area contributed by atoms with Crippen LogP contribution < -0.4 is 0 Å². The van der Waals surface area contributed by atoms with E-state index in [0.29, 0.717) is 36.1 Å². The van der Waals surface area contributed by atoms with Crippen molar-refractivity contribution in [2.75, 3.05) is 13.1 Å². The van der Waals surface area contributed by atoms with E-state index in [-0.39, 0.29) is 11.7 Å². The molecular weight excluding hydrogens is 289 g/mol. The lowest BCUT2D eigenvalue weighted by Gasteiger charge is -2.15. The van der Waals surface area contributed by atoms with Gasteiger partial charge in [-0.2, -0.15) is 0 Å². The molecule has 1 N–H and O–H groups in total. The second-order valence-electron chi connectivity index (χ2n) is 4.29. The molecule has 1 unspecified atom stereocenters. The SMILES string of the molecule is O=C(O)C1CCN(Cc2ccc(Br)cc2F)C1. The lowest BCUT2D eigenvalue weighted by Crippen LogP contribution is -2.23. The van der Waals surface area contributed by atoms with Crippen LogP contribution in [0, 0.1) is 11.7 Å². The molecule has 0 radical (unpaired) electrons. The molecule has 2 rings (SSSR count). The van der Waals surface area contributed by atoms with E-state index in [2.05, 4.69) is 15.9 Å². The molecule has 1 aromatic carbocycles. The fraction of sp³-hybridized carbons (Fsp3) is 0.417. The number of halogens is 2. The van der Waals surface area contributed by atoms with Gasteiger partial charge in [-0.15, -0.1) is 0 Å². The van der Waals surface area contributed by atoms with E-state index in [4.69, 9.17) is 5.11 Å². The quantitative estimate of drug-likeness (QED) is 0.932. The van der Waals surface area contributed by atoms with Gasteiger partial charge in [0.2, 0.25) is 0 Å². The second kappa shape index (κ2) is 5.14. The predicted octanol–water partition coefficient (Wildman–Crippen LogP) is 2.49. The molecular formula is C12H13BrFNO2. The van der Waals surface area contributed by atoms with Gasteiger partial charge >= 0.3 is 5.97 Å². The number of nitrogens with zero attached hydrogens (tertiary/aromatic N) is 1. The highest BCUT2D eigenvalue weighted by atomic mass is 79.9. The van der Waals surface area contributed by atoms with Gasteiger partial charge in [0, 0.05) is 23.1 Å². The van der Waals surface area contributed by atoms with E-state index in [1.165, 1.54) is 6.07 Å². The summed E-state index contributed by atoms with van der Waals surface area (Å²) >= 11 is 3.21. The predicted molar refractivity (Wildman–Crippen MR) is 65.1 cm³/mol. The first kappa shape index (κ1) is 12.5. The lowest BCUT2D eigenvalue weighted by atomic mass is 10.1. The molecule has 1 aliphatic heterocycles. The van der Waals surface area contributed by atoms with Crippen LogP contribution in [0.15, 0.2) is 22.7 Å². The van der Waals surface area contributed by atoms with Crippen LogP contribution in [-0.4, -0.2) is 29.1 Å². The first-order valence-corrected chi connectivity index (χ1v) is 6.24. The van der Waals surface area contributed by atoms with E-state index in [0.717, 1.165) is 0 Å². The van der Waals surface area contributed by atoms with E-state index >= 15 is 0 Å². The largest absolute Gasteiger partial charge is 0.481 e. The second-order valence-corrected chi connectivity index (χ2v) is 5.21. The van der Waals surface area contributed by atoms with Gasteiger partial charge in [0.1, 0.15) is 5.82 Å². The smallest absolute Gasteiger partial charge is 0.307 e. The summed E-state index contributed by atoms with van der Waals surface area (Å²) in [6.07, 6.45) is 0.646. The van der Waals surface area contributed by atoms with Crippen molar-refractivity contribution in [3.05, 3.63) is 34.1 Å². The van der Waals surface area contributed by atoms with Crippen LogP contribution in [0.1, 0.15) is 12.0 Å². The van der Waals surface area contributed by atoms with Crippen molar-refractivity contribution in [2.45, 2.75) is 13.0 Å². The normalized spacial score (nSPS) is 20.7. The third-order valence-electron chi connectivity index (χ3n) is 3.03. The monoisotopic (exact) mass is 301 g/mol. The summed E-state index contributed by atoms with van der Waals surface area (Å²) in [6, 6.07) is 4.96. The van der Waals surface area contributed by atoms with Crippen LogP contribution in [0.2, 0.25) is 0 Å². The minimum Gasteiger partial charge on any atom is -0.481 e. The summed E-state index contributed by atoms with van der Waals surface area (Å²) in [6.45, 7) is 1.69. The number of rotatable bonds is 3. The van der Waals surface area contributed by atoms with Crippen LogP contribution in [0.25, 0.3) is 0 Å². The first-order chi connectivity index (χ1) is 8.06. The highest BCUT2D eigenvalue weighted by molar-refractivity contribution is 9.10. The Morgan fingerprint density at radius 1 is 1.59 bits per heavy atom. The molecule has 0 aliphatic carbocycles. The Hall–Kier alpha value is -0.940. The molecule has 1 aliphatic rings.